The Morgan fingerprint density at radius 1 is 1.27 bits per heavy atom. The minimum absolute atomic E-state index is 0.0395. The molecule has 4 heteroatoms. The largest absolute Gasteiger partial charge is 0.301 e. The van der Waals surface area contributed by atoms with Gasteiger partial charge < -0.3 is 4.57 Å². The molecular weight excluding hydrogens is 206 g/mol. The Labute approximate surface area is 96.9 Å². The minimum atomic E-state index is 0.0395. The molecule has 0 aliphatic heterocycles. The van der Waals surface area contributed by atoms with Crippen molar-refractivity contribution in [2.75, 3.05) is 0 Å². The first kappa shape index (κ1) is 12.4. The summed E-state index contributed by atoms with van der Waals surface area (Å²) in [6.45, 7) is 13.1. The van der Waals surface area contributed by atoms with E-state index in [1.54, 1.807) is 0 Å². The molecule has 1 N–H and O–H groups in total. The molecule has 0 fully saturated rings. The first-order valence-electron chi connectivity index (χ1n) is 5.45. The lowest BCUT2D eigenvalue weighted by Crippen LogP contribution is -2.29. The zero-order valence-electron chi connectivity index (χ0n) is 10.5. The number of nitrogens with zero attached hydrogens (tertiary/aromatic N) is 2. The molecule has 86 valence electrons. The molecule has 0 aliphatic carbocycles. The number of aromatic amines is 1. The van der Waals surface area contributed by atoms with E-state index >= 15 is 0 Å². The Balaban J connectivity index is 3.32. The number of hydrogen-bond acceptors (Lipinski definition) is 2. The van der Waals surface area contributed by atoms with Crippen LogP contribution in [0.1, 0.15) is 53.4 Å². The lowest BCUT2D eigenvalue weighted by atomic mass is 9.80. The first-order chi connectivity index (χ1) is 6.78. The van der Waals surface area contributed by atoms with Gasteiger partial charge in [0.15, 0.2) is 4.77 Å². The van der Waals surface area contributed by atoms with Crippen LogP contribution in [-0.2, 0) is 5.41 Å². The number of nitrogens with one attached hydrogen (secondary N) is 1. The van der Waals surface area contributed by atoms with Crippen LogP contribution in [0.15, 0.2) is 0 Å². The molecule has 1 aromatic heterocycles. The van der Waals surface area contributed by atoms with Crippen molar-refractivity contribution in [3.8, 4) is 0 Å². The van der Waals surface area contributed by atoms with Crippen molar-refractivity contribution in [2.45, 2.75) is 53.0 Å². The molecule has 0 saturated heterocycles. The average molecular weight is 227 g/mol. The highest BCUT2D eigenvalue weighted by Crippen LogP contribution is 2.31. The summed E-state index contributed by atoms with van der Waals surface area (Å²) in [6, 6.07) is 0.351. The highest BCUT2D eigenvalue weighted by molar-refractivity contribution is 7.71. The Morgan fingerprint density at radius 3 is 2.20 bits per heavy atom. The number of aromatic nitrogens is 3. The van der Waals surface area contributed by atoms with E-state index in [-0.39, 0.29) is 5.41 Å². The smallest absolute Gasteiger partial charge is 0.195 e. The van der Waals surface area contributed by atoms with Gasteiger partial charge in [-0.1, -0.05) is 27.7 Å². The van der Waals surface area contributed by atoms with E-state index in [1.165, 1.54) is 0 Å². The van der Waals surface area contributed by atoms with Gasteiger partial charge in [0.05, 0.1) is 0 Å². The van der Waals surface area contributed by atoms with Crippen LogP contribution < -0.4 is 0 Å². The van der Waals surface area contributed by atoms with Crippen LogP contribution in [0.3, 0.4) is 0 Å². The fourth-order valence-corrected chi connectivity index (χ4v) is 1.84. The Morgan fingerprint density at radius 2 is 1.80 bits per heavy atom. The van der Waals surface area contributed by atoms with Gasteiger partial charge >= 0.3 is 0 Å². The standard InChI is InChI=1S/C11H21N3S/c1-7(2)11(5,6)9-12-13-10(15)14(9)8(3)4/h7-8H,1-6H3,(H,13,15). The second kappa shape index (κ2) is 4.08. The third-order valence-corrected chi connectivity index (χ3v) is 3.53. The summed E-state index contributed by atoms with van der Waals surface area (Å²) >= 11 is 5.25. The second-order valence-corrected chi connectivity index (χ2v) is 5.58. The van der Waals surface area contributed by atoms with Crippen molar-refractivity contribution in [1.29, 1.82) is 0 Å². The molecule has 0 spiro atoms. The van der Waals surface area contributed by atoms with Gasteiger partial charge in [0.25, 0.3) is 0 Å². The highest BCUT2D eigenvalue weighted by Gasteiger charge is 2.30. The topological polar surface area (TPSA) is 33.6 Å². The highest BCUT2D eigenvalue weighted by atomic mass is 32.1. The van der Waals surface area contributed by atoms with Crippen LogP contribution in [0.4, 0.5) is 0 Å². The molecule has 0 aliphatic rings. The van der Waals surface area contributed by atoms with E-state index in [0.29, 0.717) is 16.7 Å². The fraction of sp³-hybridized carbons (Fsp3) is 0.818. The molecule has 0 radical (unpaired) electrons. The number of H-pyrrole nitrogens is 1. The van der Waals surface area contributed by atoms with E-state index < -0.39 is 0 Å². The zero-order valence-corrected chi connectivity index (χ0v) is 11.3. The molecule has 3 nitrogen and oxygen atoms in total. The molecule has 0 saturated carbocycles. The molecule has 15 heavy (non-hydrogen) atoms. The van der Waals surface area contributed by atoms with Crippen LogP contribution in [0.2, 0.25) is 0 Å². The fourth-order valence-electron chi connectivity index (χ4n) is 1.50. The van der Waals surface area contributed by atoms with Crippen molar-refractivity contribution in [2.24, 2.45) is 5.92 Å². The minimum Gasteiger partial charge on any atom is -0.301 e. The van der Waals surface area contributed by atoms with Crippen molar-refractivity contribution < 1.29 is 0 Å². The monoisotopic (exact) mass is 227 g/mol. The summed E-state index contributed by atoms with van der Waals surface area (Å²) in [5.41, 5.74) is 0.0395. The predicted molar refractivity (Wildman–Crippen MR) is 65.7 cm³/mol. The average Bonchev–Trinajstić information content (AvgIpc) is 2.47. The van der Waals surface area contributed by atoms with Crippen LogP contribution in [0, 0.1) is 10.7 Å². The van der Waals surface area contributed by atoms with Gasteiger partial charge in [0, 0.05) is 11.5 Å². The molecule has 0 amide bonds. The molecule has 1 aromatic rings. The van der Waals surface area contributed by atoms with Gasteiger partial charge in [0.2, 0.25) is 0 Å². The quantitative estimate of drug-likeness (QED) is 0.802. The predicted octanol–water partition coefficient (Wildman–Crippen LogP) is 3.46. The molecule has 0 unspecified atom stereocenters. The van der Waals surface area contributed by atoms with Gasteiger partial charge in [-0.3, -0.25) is 5.10 Å². The maximum atomic E-state index is 5.25. The summed E-state index contributed by atoms with van der Waals surface area (Å²) in [7, 11) is 0. The van der Waals surface area contributed by atoms with Crippen LogP contribution in [-0.4, -0.2) is 14.8 Å². The maximum absolute atomic E-state index is 5.25. The summed E-state index contributed by atoms with van der Waals surface area (Å²) in [6.07, 6.45) is 0. The van der Waals surface area contributed by atoms with Crippen LogP contribution in [0.5, 0.6) is 0 Å². The van der Waals surface area contributed by atoms with E-state index in [4.69, 9.17) is 12.2 Å². The van der Waals surface area contributed by atoms with E-state index in [2.05, 4.69) is 56.3 Å². The van der Waals surface area contributed by atoms with Crippen molar-refractivity contribution in [1.82, 2.24) is 14.8 Å². The van der Waals surface area contributed by atoms with E-state index in [9.17, 15) is 0 Å². The Bertz CT molecular complexity index is 385. The summed E-state index contributed by atoms with van der Waals surface area (Å²) in [5.74, 6) is 1.58. The van der Waals surface area contributed by atoms with Gasteiger partial charge in [-0.2, -0.15) is 5.10 Å². The van der Waals surface area contributed by atoms with Gasteiger partial charge in [-0.15, -0.1) is 0 Å². The van der Waals surface area contributed by atoms with Crippen LogP contribution >= 0.6 is 12.2 Å². The number of rotatable bonds is 3. The van der Waals surface area contributed by atoms with Crippen molar-refractivity contribution in [3.63, 3.8) is 0 Å². The first-order valence-corrected chi connectivity index (χ1v) is 5.86. The second-order valence-electron chi connectivity index (χ2n) is 5.19. The van der Waals surface area contributed by atoms with Gasteiger partial charge in [0.1, 0.15) is 5.82 Å². The lowest BCUT2D eigenvalue weighted by molar-refractivity contribution is 0.329. The Hall–Kier alpha value is -0.640. The van der Waals surface area contributed by atoms with E-state index in [1.807, 2.05) is 0 Å². The zero-order chi connectivity index (χ0) is 11.8. The summed E-state index contributed by atoms with van der Waals surface area (Å²) in [4.78, 5) is 0. The SMILES string of the molecule is CC(C)n1c(C(C)(C)C(C)C)n[nH]c1=S. The third-order valence-electron chi connectivity index (χ3n) is 3.24. The molecule has 0 aromatic carbocycles. The molecule has 0 atom stereocenters. The summed E-state index contributed by atoms with van der Waals surface area (Å²) in [5, 5.41) is 7.27. The van der Waals surface area contributed by atoms with Crippen molar-refractivity contribution >= 4 is 12.2 Å². The van der Waals surface area contributed by atoms with E-state index in [0.717, 1.165) is 5.82 Å². The molecular formula is C11H21N3S. The third kappa shape index (κ3) is 2.14. The number of hydrogen-bond donors (Lipinski definition) is 1. The van der Waals surface area contributed by atoms with Gasteiger partial charge in [-0.25, -0.2) is 0 Å². The summed E-state index contributed by atoms with van der Waals surface area (Å²) < 4.78 is 2.82. The Kier molecular flexibility index (Phi) is 3.38. The van der Waals surface area contributed by atoms with Gasteiger partial charge in [-0.05, 0) is 32.0 Å². The maximum Gasteiger partial charge on any atom is 0.195 e. The molecule has 1 heterocycles. The molecule has 1 rings (SSSR count). The van der Waals surface area contributed by atoms with Crippen molar-refractivity contribution in [3.05, 3.63) is 10.6 Å². The lowest BCUT2D eigenvalue weighted by Gasteiger charge is -2.29. The normalized spacial score (nSPS) is 12.8. The molecule has 0 bridgehead atoms. The van der Waals surface area contributed by atoms with Crippen LogP contribution in [0.25, 0.3) is 0 Å².